The van der Waals surface area contributed by atoms with E-state index >= 15 is 0 Å². The van der Waals surface area contributed by atoms with Gasteiger partial charge in [-0.3, -0.25) is 0 Å². The second kappa shape index (κ2) is 21.9. The largest absolute Gasteiger partial charge is 0.334 e. The van der Waals surface area contributed by atoms with Gasteiger partial charge in [-0.25, -0.2) is 0 Å². The first-order valence-corrected chi connectivity index (χ1v) is 35.9. The van der Waals surface area contributed by atoms with Gasteiger partial charge in [0, 0.05) is 67.9 Å². The lowest BCUT2D eigenvalue weighted by Gasteiger charge is -2.51. The number of rotatable bonds is 7. The molecule has 1 fully saturated rings. The summed E-state index contributed by atoms with van der Waals surface area (Å²) >= 11 is 0. The van der Waals surface area contributed by atoms with Crippen LogP contribution in [0.15, 0.2) is 182 Å². The van der Waals surface area contributed by atoms with Crippen LogP contribution < -0.4 is 36.0 Å². The van der Waals surface area contributed by atoms with Gasteiger partial charge in [0.1, 0.15) is 0 Å². The fourth-order valence-corrected chi connectivity index (χ4v) is 17.3. The summed E-state index contributed by atoms with van der Waals surface area (Å²) in [6.45, 7) is 50.4. The summed E-state index contributed by atoms with van der Waals surface area (Å²) in [6, 6.07) is 73.0. The van der Waals surface area contributed by atoms with Crippen LogP contribution in [-0.4, -0.2) is 12.3 Å². The topological polar surface area (TPSA) is 13.0 Å². The second-order valence-corrected chi connectivity index (χ2v) is 36.2. The molecule has 0 bridgehead atoms. The molecule has 0 N–H and O–H groups in total. The van der Waals surface area contributed by atoms with Crippen molar-refractivity contribution in [2.75, 3.05) is 19.6 Å². The molecule has 5 heteroatoms. The normalized spacial score (nSPS) is 19.5. The molecular weight excluding hydrogens is 1150 g/mol. The third-order valence-corrected chi connectivity index (χ3v) is 23.6. The van der Waals surface area contributed by atoms with Gasteiger partial charge in [-0.15, -0.1) is 0 Å². The number of anilines is 11. The maximum absolute atomic E-state index is 2.87. The predicted molar refractivity (Wildman–Crippen MR) is 412 cm³/mol. The van der Waals surface area contributed by atoms with Gasteiger partial charge < -0.3 is 19.6 Å². The van der Waals surface area contributed by atoms with Crippen molar-refractivity contribution in [2.24, 2.45) is 0 Å². The molecule has 2 unspecified atom stereocenters. The van der Waals surface area contributed by atoms with Crippen LogP contribution in [-0.2, 0) is 43.3 Å². The van der Waals surface area contributed by atoms with Gasteiger partial charge >= 0.3 is 0 Å². The van der Waals surface area contributed by atoms with Gasteiger partial charge in [-0.1, -0.05) is 242 Å². The number of hydrogen-bond acceptors (Lipinski definition) is 4. The molecule has 2 aliphatic carbocycles. The Balaban J connectivity index is 1.10. The zero-order valence-electron chi connectivity index (χ0n) is 61.4. The fraction of sp³-hybridized carbons (Fsp3) is 0.400. The molecule has 2 atom stereocenters. The van der Waals surface area contributed by atoms with Gasteiger partial charge in [-0.05, 0) is 228 Å². The van der Waals surface area contributed by atoms with Crippen molar-refractivity contribution >= 4 is 85.7 Å². The van der Waals surface area contributed by atoms with Crippen LogP contribution in [0.3, 0.4) is 0 Å². The maximum atomic E-state index is 2.87. The first-order chi connectivity index (χ1) is 44.5. The van der Waals surface area contributed by atoms with Gasteiger partial charge in [0.05, 0.1) is 11.2 Å². The highest BCUT2D eigenvalue weighted by atomic mass is 15.3. The molecule has 0 radical (unpaired) electrons. The molecule has 9 aromatic rings. The van der Waals surface area contributed by atoms with E-state index in [2.05, 4.69) is 347 Å². The number of benzene rings is 9. The van der Waals surface area contributed by atoms with E-state index in [9.17, 15) is 0 Å². The highest BCUT2D eigenvalue weighted by Gasteiger charge is 2.59. The van der Waals surface area contributed by atoms with Gasteiger partial charge in [0.2, 0.25) is 0 Å². The lowest BCUT2D eigenvalue weighted by molar-refractivity contribution is 0.195. The molecule has 0 aromatic heterocycles. The molecule has 0 spiro atoms. The fourth-order valence-electron chi connectivity index (χ4n) is 17.3. The van der Waals surface area contributed by atoms with E-state index < -0.39 is 0 Å². The molecule has 3 heterocycles. The Morgan fingerprint density at radius 3 is 1.43 bits per heavy atom. The minimum absolute atomic E-state index is 0.00977. The van der Waals surface area contributed by atoms with Crippen LogP contribution in [0.1, 0.15) is 228 Å². The summed E-state index contributed by atoms with van der Waals surface area (Å²) in [5.74, 6) is 0. The van der Waals surface area contributed by atoms with E-state index in [-0.39, 0.29) is 55.6 Å². The Labute approximate surface area is 572 Å². The maximum Gasteiger partial charge on any atom is 0.252 e. The summed E-state index contributed by atoms with van der Waals surface area (Å²) in [7, 11) is 0. The van der Waals surface area contributed by atoms with Crippen molar-refractivity contribution in [1.82, 2.24) is 0 Å². The van der Waals surface area contributed by atoms with Crippen LogP contribution in [0, 0.1) is 0 Å². The molecule has 9 aromatic carbocycles. The first-order valence-electron chi connectivity index (χ1n) is 35.9. The zero-order chi connectivity index (χ0) is 67.7. The van der Waals surface area contributed by atoms with Crippen LogP contribution >= 0.6 is 0 Å². The van der Waals surface area contributed by atoms with Crippen molar-refractivity contribution in [1.29, 1.82) is 0 Å². The first kappa shape index (κ1) is 64.6. The Hall–Kier alpha value is -7.76. The molecule has 4 nitrogen and oxygen atoms in total. The SMILES string of the molecule is CC(C)(C)c1ccc(N(c2ccc(C(C)(C)C)cc2)c2ccc3c(c2)C2(C)CCCCC2(C)N3c2cc3c4c(c2)N(c2ccc(C(C)(C)C)cc2-c2ccccc2)c2cc5c(cc2B4c2ccc(C(C)(C)C)cc2N3c2cccc(C(C)(C)C)c2)C(C)(C)CCC5(C)C)cc1. The van der Waals surface area contributed by atoms with Crippen LogP contribution in [0.5, 0.6) is 0 Å². The quantitative estimate of drug-likeness (QED) is 0.147. The molecule has 1 saturated carbocycles. The minimum Gasteiger partial charge on any atom is -0.334 e. The Morgan fingerprint density at radius 2 is 0.842 bits per heavy atom. The minimum atomic E-state index is -0.279. The van der Waals surface area contributed by atoms with E-state index in [1.165, 1.54) is 147 Å². The summed E-state index contributed by atoms with van der Waals surface area (Å²) in [5.41, 5.74) is 30.5. The molecule has 3 aliphatic heterocycles. The standard InChI is InChI=1S/C90H105BN4/c1-82(2,3)59-32-38-64(39-33-59)92(65-40-34-60(35-41-65)83(4,5)6)67-42-45-76-72(53-67)89(20)46-25-26-47-90(89,21)95(76)68-54-79-81-80(55-68)94(75-44-37-62(85(10,11)12)51-69(75)58-28-23-22-24-29-58)78-57-71-70(87(16,17)48-49-88(71,18)19)56-74(78)91(81)73-43-36-63(86(13,14)15)52-77(73)93(79)66-31-27-30-61(50-66)84(7,8)9/h22-24,27-45,50-57H,25-26,46-49H2,1-21H3. The number of hydrogen-bond donors (Lipinski definition) is 0. The Kier molecular flexibility index (Phi) is 14.9. The van der Waals surface area contributed by atoms with Crippen molar-refractivity contribution in [3.8, 4) is 11.1 Å². The monoisotopic (exact) mass is 1250 g/mol. The van der Waals surface area contributed by atoms with E-state index in [1.54, 1.807) is 0 Å². The summed E-state index contributed by atoms with van der Waals surface area (Å²) in [4.78, 5) is 10.9. The average Bonchev–Trinajstić information content (AvgIpc) is 1.65. The lowest BCUT2D eigenvalue weighted by atomic mass is 9.33. The van der Waals surface area contributed by atoms with E-state index in [0.29, 0.717) is 0 Å². The third-order valence-electron chi connectivity index (χ3n) is 23.6. The molecule has 14 rings (SSSR count). The van der Waals surface area contributed by atoms with E-state index in [1.807, 2.05) is 0 Å². The number of fused-ring (bicyclic) bond motifs is 8. The van der Waals surface area contributed by atoms with Crippen LogP contribution in [0.4, 0.5) is 62.6 Å². The molecule has 488 valence electrons. The van der Waals surface area contributed by atoms with Crippen molar-refractivity contribution in [3.63, 3.8) is 0 Å². The molecule has 0 saturated heterocycles. The van der Waals surface area contributed by atoms with Crippen molar-refractivity contribution in [3.05, 3.63) is 226 Å². The second-order valence-electron chi connectivity index (χ2n) is 36.2. The van der Waals surface area contributed by atoms with E-state index in [0.717, 1.165) is 25.7 Å². The molecule has 0 amide bonds. The average molecular weight is 1250 g/mol. The summed E-state index contributed by atoms with van der Waals surface area (Å²) in [6.07, 6.45) is 6.80. The predicted octanol–water partition coefficient (Wildman–Crippen LogP) is 23.5. The highest BCUT2D eigenvalue weighted by molar-refractivity contribution is 7.00. The highest BCUT2D eigenvalue weighted by Crippen LogP contribution is 2.63. The molecule has 95 heavy (non-hydrogen) atoms. The van der Waals surface area contributed by atoms with Crippen molar-refractivity contribution < 1.29 is 0 Å². The smallest absolute Gasteiger partial charge is 0.252 e. The molecular formula is C90H105BN4. The van der Waals surface area contributed by atoms with Crippen LogP contribution in [0.2, 0.25) is 0 Å². The van der Waals surface area contributed by atoms with Crippen molar-refractivity contribution in [2.45, 2.75) is 233 Å². The molecule has 5 aliphatic rings. The number of nitrogens with zero attached hydrogens (tertiary/aromatic N) is 4. The zero-order valence-corrected chi connectivity index (χ0v) is 61.4. The van der Waals surface area contributed by atoms with Gasteiger partial charge in [0.15, 0.2) is 0 Å². The summed E-state index contributed by atoms with van der Waals surface area (Å²) < 4.78 is 0. The Morgan fingerprint density at radius 1 is 0.347 bits per heavy atom. The van der Waals surface area contributed by atoms with Gasteiger partial charge in [0.25, 0.3) is 6.71 Å². The van der Waals surface area contributed by atoms with Crippen LogP contribution in [0.25, 0.3) is 11.1 Å². The lowest BCUT2D eigenvalue weighted by Crippen LogP contribution is -2.62. The van der Waals surface area contributed by atoms with Gasteiger partial charge in [-0.2, -0.15) is 0 Å². The summed E-state index contributed by atoms with van der Waals surface area (Å²) in [5, 5.41) is 0. The Bertz CT molecular complexity index is 4430. The third kappa shape index (κ3) is 10.6. The van der Waals surface area contributed by atoms with E-state index in [4.69, 9.17) is 0 Å².